The summed E-state index contributed by atoms with van der Waals surface area (Å²) >= 11 is 6.21. The Labute approximate surface area is 160 Å². The van der Waals surface area contributed by atoms with Crippen LogP contribution in [0.15, 0.2) is 36.4 Å². The van der Waals surface area contributed by atoms with Gasteiger partial charge in [-0.05, 0) is 61.2 Å². The van der Waals surface area contributed by atoms with Crippen molar-refractivity contribution in [1.29, 1.82) is 0 Å². The lowest BCUT2D eigenvalue weighted by Gasteiger charge is -2.16. The molecule has 0 saturated carbocycles. The van der Waals surface area contributed by atoms with E-state index in [2.05, 4.69) is 5.32 Å². The summed E-state index contributed by atoms with van der Waals surface area (Å²) in [6, 6.07) is 10.5. The van der Waals surface area contributed by atoms with E-state index in [1.807, 2.05) is 12.1 Å². The first kappa shape index (κ1) is 17.5. The minimum atomic E-state index is -0.779. The Morgan fingerprint density at radius 3 is 2.70 bits per heavy atom. The molecule has 1 heterocycles. The lowest BCUT2D eigenvalue weighted by molar-refractivity contribution is -0.124. The second kappa shape index (κ2) is 6.70. The number of aryl methyl sites for hydroxylation is 1. The fourth-order valence-corrected chi connectivity index (χ4v) is 3.79. The molecule has 1 aliphatic heterocycles. The summed E-state index contributed by atoms with van der Waals surface area (Å²) in [5, 5.41) is 2.53. The van der Waals surface area contributed by atoms with Crippen molar-refractivity contribution in [3.8, 4) is 11.5 Å². The summed E-state index contributed by atoms with van der Waals surface area (Å²) in [5.74, 6) is 0.457. The maximum Gasteiger partial charge on any atom is 0.414 e. The van der Waals surface area contributed by atoms with Crippen molar-refractivity contribution in [2.24, 2.45) is 0 Å². The average Bonchev–Trinajstić information content (AvgIpc) is 3.18. The number of Topliss-reactive ketones (excluding diaryl/α,β-unsaturated/α-hetero) is 1. The lowest BCUT2D eigenvalue weighted by Crippen LogP contribution is -2.28. The molecule has 2 aromatic carbocycles. The van der Waals surface area contributed by atoms with E-state index >= 15 is 0 Å². The van der Waals surface area contributed by atoms with E-state index in [1.54, 1.807) is 24.3 Å². The number of fused-ring (bicyclic) bond motifs is 1. The molecule has 0 bridgehead atoms. The summed E-state index contributed by atoms with van der Waals surface area (Å²) in [7, 11) is 0. The highest BCUT2D eigenvalue weighted by molar-refractivity contribution is 6.32. The van der Waals surface area contributed by atoms with Gasteiger partial charge in [0.1, 0.15) is 11.5 Å². The number of rotatable bonds is 4. The predicted octanol–water partition coefficient (Wildman–Crippen LogP) is 4.00. The Morgan fingerprint density at radius 2 is 2.04 bits per heavy atom. The van der Waals surface area contributed by atoms with Crippen LogP contribution in [0.4, 0.5) is 4.79 Å². The van der Waals surface area contributed by atoms with Crippen LogP contribution in [0, 0.1) is 0 Å². The molecular weight excluding hydrogens is 370 g/mol. The second-order valence-corrected chi connectivity index (χ2v) is 7.03. The van der Waals surface area contributed by atoms with E-state index in [1.165, 1.54) is 6.92 Å². The maximum absolute atomic E-state index is 11.9. The molecule has 1 aliphatic carbocycles. The summed E-state index contributed by atoms with van der Waals surface area (Å²) in [6.45, 7) is 1.48. The van der Waals surface area contributed by atoms with Crippen LogP contribution in [0.5, 0.6) is 11.5 Å². The zero-order chi connectivity index (χ0) is 19.1. The molecule has 2 aliphatic rings. The fraction of sp³-hybridized carbons (Fsp3) is 0.250. The number of imide groups is 1. The molecule has 1 unspecified atom stereocenters. The van der Waals surface area contributed by atoms with Crippen LogP contribution in [0.3, 0.4) is 0 Å². The highest BCUT2D eigenvalue weighted by atomic mass is 35.5. The van der Waals surface area contributed by atoms with Gasteiger partial charge in [-0.3, -0.25) is 14.9 Å². The van der Waals surface area contributed by atoms with Gasteiger partial charge in [-0.2, -0.15) is 0 Å². The van der Waals surface area contributed by atoms with E-state index in [-0.39, 0.29) is 11.7 Å². The van der Waals surface area contributed by atoms with E-state index in [0.29, 0.717) is 22.1 Å². The van der Waals surface area contributed by atoms with E-state index < -0.39 is 18.1 Å². The topological polar surface area (TPSA) is 81.7 Å². The highest BCUT2D eigenvalue weighted by Gasteiger charge is 2.42. The zero-order valence-electron chi connectivity index (χ0n) is 14.5. The van der Waals surface area contributed by atoms with E-state index in [0.717, 1.165) is 24.0 Å². The molecule has 1 fully saturated rings. The van der Waals surface area contributed by atoms with Crippen molar-refractivity contribution in [2.75, 3.05) is 0 Å². The number of carbonyl (C=O) groups is 3. The number of amides is 2. The van der Waals surface area contributed by atoms with Gasteiger partial charge in [0.25, 0.3) is 5.91 Å². The van der Waals surface area contributed by atoms with Gasteiger partial charge in [0.05, 0.1) is 5.02 Å². The van der Waals surface area contributed by atoms with Gasteiger partial charge in [0, 0.05) is 11.5 Å². The molecule has 27 heavy (non-hydrogen) atoms. The first-order valence-electron chi connectivity index (χ1n) is 8.55. The first-order chi connectivity index (χ1) is 12.9. The molecular formula is C20H16ClNO5. The Bertz CT molecular complexity index is 971. The maximum atomic E-state index is 11.9. The zero-order valence-corrected chi connectivity index (χ0v) is 15.2. The quantitative estimate of drug-likeness (QED) is 0.804. The van der Waals surface area contributed by atoms with Gasteiger partial charge in [-0.1, -0.05) is 17.7 Å². The third kappa shape index (κ3) is 3.28. The van der Waals surface area contributed by atoms with Gasteiger partial charge in [0.15, 0.2) is 11.9 Å². The molecule has 2 amide bonds. The van der Waals surface area contributed by atoms with Crippen LogP contribution in [0.25, 0.3) is 0 Å². The standard InChI is InChI=1S/C20H16ClNO5/c1-10(23)11-3-7-17(16(21)9-11)26-13-4-6-14-12(8-13)2-5-15(14)18-19(24)22-20(25)27-18/h3-4,6-9,15,18H,2,5H2,1H3,(H,22,24,25)/t15-,18?/m1/s1. The van der Waals surface area contributed by atoms with Gasteiger partial charge in [-0.15, -0.1) is 0 Å². The molecule has 1 N–H and O–H groups in total. The van der Waals surface area contributed by atoms with Gasteiger partial charge < -0.3 is 9.47 Å². The van der Waals surface area contributed by atoms with Crippen LogP contribution >= 0.6 is 11.6 Å². The van der Waals surface area contributed by atoms with Crippen molar-refractivity contribution < 1.29 is 23.9 Å². The third-order valence-corrected chi connectivity index (χ3v) is 5.18. The lowest BCUT2D eigenvalue weighted by atomic mass is 9.95. The van der Waals surface area contributed by atoms with Crippen LogP contribution in [0.1, 0.15) is 40.7 Å². The number of hydrogen-bond donors (Lipinski definition) is 1. The predicted molar refractivity (Wildman–Crippen MR) is 97.4 cm³/mol. The molecule has 0 radical (unpaired) electrons. The number of carbonyl (C=O) groups excluding carboxylic acids is 3. The number of benzene rings is 2. The molecule has 0 spiro atoms. The molecule has 6 nitrogen and oxygen atoms in total. The third-order valence-electron chi connectivity index (χ3n) is 4.89. The van der Waals surface area contributed by atoms with Gasteiger partial charge >= 0.3 is 6.09 Å². The summed E-state index contributed by atoms with van der Waals surface area (Å²) in [5.41, 5.74) is 2.55. The van der Waals surface area contributed by atoms with Crippen molar-refractivity contribution in [1.82, 2.24) is 5.32 Å². The second-order valence-electron chi connectivity index (χ2n) is 6.62. The van der Waals surface area contributed by atoms with Crippen molar-refractivity contribution in [3.05, 3.63) is 58.1 Å². The van der Waals surface area contributed by atoms with Crippen LogP contribution < -0.4 is 10.1 Å². The Balaban J connectivity index is 1.55. The molecule has 7 heteroatoms. The molecule has 138 valence electrons. The number of cyclic esters (lactones) is 1. The van der Waals surface area contributed by atoms with Gasteiger partial charge in [0.2, 0.25) is 0 Å². The SMILES string of the molecule is CC(=O)c1ccc(Oc2ccc3c(c2)CC[C@H]3C2OC(=O)NC2=O)c(Cl)c1. The first-order valence-corrected chi connectivity index (χ1v) is 8.93. The largest absolute Gasteiger partial charge is 0.456 e. The molecule has 2 atom stereocenters. The Kier molecular flexibility index (Phi) is 4.36. The summed E-state index contributed by atoms with van der Waals surface area (Å²) in [4.78, 5) is 34.6. The number of hydrogen-bond acceptors (Lipinski definition) is 5. The van der Waals surface area contributed by atoms with Gasteiger partial charge in [-0.25, -0.2) is 4.79 Å². The number of alkyl carbamates (subject to hydrolysis) is 1. The van der Waals surface area contributed by atoms with Crippen LogP contribution in [-0.2, 0) is 16.0 Å². The molecule has 1 saturated heterocycles. The highest BCUT2D eigenvalue weighted by Crippen LogP contribution is 2.40. The van der Waals surface area contributed by atoms with Crippen LogP contribution in [-0.4, -0.2) is 23.9 Å². The van der Waals surface area contributed by atoms with Crippen LogP contribution in [0.2, 0.25) is 5.02 Å². The fourth-order valence-electron chi connectivity index (χ4n) is 3.57. The number of halogens is 1. The Hall–Kier alpha value is -2.86. The molecule has 2 aromatic rings. The number of nitrogens with one attached hydrogen (secondary N) is 1. The number of ether oxygens (including phenoxy) is 2. The Morgan fingerprint density at radius 1 is 1.22 bits per heavy atom. The van der Waals surface area contributed by atoms with E-state index in [9.17, 15) is 14.4 Å². The van der Waals surface area contributed by atoms with Crippen molar-refractivity contribution in [3.63, 3.8) is 0 Å². The minimum Gasteiger partial charge on any atom is -0.456 e. The molecule has 0 aromatic heterocycles. The van der Waals surface area contributed by atoms with Crippen molar-refractivity contribution in [2.45, 2.75) is 31.8 Å². The monoisotopic (exact) mass is 385 g/mol. The molecule has 4 rings (SSSR count). The normalized spacial score (nSPS) is 20.8. The minimum absolute atomic E-state index is 0.0660. The van der Waals surface area contributed by atoms with Crippen molar-refractivity contribution >= 4 is 29.4 Å². The summed E-state index contributed by atoms with van der Waals surface area (Å²) < 4.78 is 11.0. The number of ketones is 1. The summed E-state index contributed by atoms with van der Waals surface area (Å²) in [6.07, 6.45) is 0.00875. The smallest absolute Gasteiger partial charge is 0.414 e. The van der Waals surface area contributed by atoms with E-state index in [4.69, 9.17) is 21.1 Å². The average molecular weight is 386 g/mol.